The molecule has 0 unspecified atom stereocenters. The van der Waals surface area contributed by atoms with Crippen LogP contribution in [0, 0.1) is 5.92 Å². The molecule has 1 aromatic rings. The van der Waals surface area contributed by atoms with E-state index in [0.717, 1.165) is 56.9 Å². The Balaban J connectivity index is 1.42. The fourth-order valence-electron chi connectivity index (χ4n) is 3.36. The summed E-state index contributed by atoms with van der Waals surface area (Å²) in [6.07, 6.45) is 2.03. The number of carbonyl (C=O) groups is 2. The number of carbonyl (C=O) groups excluding carboxylic acids is 2. The van der Waals surface area contributed by atoms with Crippen molar-refractivity contribution >= 4 is 17.5 Å². The second-order valence-corrected chi connectivity index (χ2v) is 7.06. The Bertz CT molecular complexity index is 625. The molecule has 0 radical (unpaired) electrons. The fourth-order valence-corrected chi connectivity index (χ4v) is 3.36. The van der Waals surface area contributed by atoms with E-state index >= 15 is 0 Å². The molecule has 2 saturated heterocycles. The van der Waals surface area contributed by atoms with Crippen molar-refractivity contribution in [3.05, 3.63) is 29.8 Å². The molecule has 0 aliphatic carbocycles. The van der Waals surface area contributed by atoms with Crippen LogP contribution in [0.25, 0.3) is 0 Å². The van der Waals surface area contributed by atoms with Crippen molar-refractivity contribution in [2.24, 2.45) is 5.92 Å². The van der Waals surface area contributed by atoms with Crippen LogP contribution in [0.1, 0.15) is 24.8 Å². The van der Waals surface area contributed by atoms with Crippen molar-refractivity contribution in [2.75, 3.05) is 51.4 Å². The van der Waals surface area contributed by atoms with E-state index in [1.807, 2.05) is 24.3 Å². The highest BCUT2D eigenvalue weighted by molar-refractivity contribution is 5.90. The number of nitrogens with zero attached hydrogens (tertiary/aromatic N) is 1. The Morgan fingerprint density at radius 3 is 2.59 bits per heavy atom. The van der Waals surface area contributed by atoms with Gasteiger partial charge in [0.25, 0.3) is 0 Å². The molecule has 2 fully saturated rings. The maximum atomic E-state index is 12.2. The lowest BCUT2D eigenvalue weighted by atomic mass is 9.99. The first-order chi connectivity index (χ1) is 13.2. The van der Waals surface area contributed by atoms with Crippen LogP contribution in [0.2, 0.25) is 0 Å². The van der Waals surface area contributed by atoms with Gasteiger partial charge in [0.05, 0.1) is 13.2 Å². The van der Waals surface area contributed by atoms with E-state index in [1.165, 1.54) is 0 Å². The van der Waals surface area contributed by atoms with Gasteiger partial charge < -0.3 is 20.1 Å². The lowest BCUT2D eigenvalue weighted by Gasteiger charge is -2.26. The highest BCUT2D eigenvalue weighted by Gasteiger charge is 2.21. The monoisotopic (exact) mass is 375 g/mol. The van der Waals surface area contributed by atoms with Gasteiger partial charge in [-0.2, -0.15) is 0 Å². The molecule has 2 aliphatic rings. The van der Waals surface area contributed by atoms with Crippen LogP contribution < -0.4 is 10.6 Å². The van der Waals surface area contributed by atoms with E-state index in [2.05, 4.69) is 15.5 Å². The number of nitrogens with one attached hydrogen (secondary N) is 2. The third-order valence-corrected chi connectivity index (χ3v) is 5.03. The Hall–Kier alpha value is -1.96. The molecule has 7 heteroatoms. The molecule has 0 saturated carbocycles. The van der Waals surface area contributed by atoms with E-state index in [-0.39, 0.29) is 17.7 Å². The van der Waals surface area contributed by atoms with E-state index < -0.39 is 0 Å². The van der Waals surface area contributed by atoms with E-state index in [9.17, 15) is 9.59 Å². The van der Waals surface area contributed by atoms with Crippen LogP contribution in [-0.4, -0.2) is 62.8 Å². The minimum absolute atomic E-state index is 0.00452. The van der Waals surface area contributed by atoms with Gasteiger partial charge in [0, 0.05) is 57.4 Å². The van der Waals surface area contributed by atoms with Gasteiger partial charge in [0.1, 0.15) is 0 Å². The summed E-state index contributed by atoms with van der Waals surface area (Å²) in [5, 5.41) is 5.94. The number of hydrogen-bond donors (Lipinski definition) is 2. The largest absolute Gasteiger partial charge is 0.381 e. The smallest absolute Gasteiger partial charge is 0.225 e. The Labute approximate surface area is 160 Å². The van der Waals surface area contributed by atoms with Gasteiger partial charge in [0.2, 0.25) is 11.8 Å². The number of morpholine rings is 1. The van der Waals surface area contributed by atoms with Crippen LogP contribution >= 0.6 is 0 Å². The predicted molar refractivity (Wildman–Crippen MR) is 102 cm³/mol. The molecule has 0 atom stereocenters. The quantitative estimate of drug-likeness (QED) is 0.753. The zero-order valence-corrected chi connectivity index (χ0v) is 15.7. The molecule has 0 aromatic heterocycles. The summed E-state index contributed by atoms with van der Waals surface area (Å²) in [6, 6.07) is 7.63. The molecule has 27 heavy (non-hydrogen) atoms. The van der Waals surface area contributed by atoms with Gasteiger partial charge in [-0.05, 0) is 30.5 Å². The lowest BCUT2D eigenvalue weighted by Crippen LogP contribution is -2.38. The van der Waals surface area contributed by atoms with E-state index in [0.29, 0.717) is 26.2 Å². The zero-order chi connectivity index (χ0) is 18.9. The highest BCUT2D eigenvalue weighted by atomic mass is 16.5. The summed E-state index contributed by atoms with van der Waals surface area (Å²) < 4.78 is 10.6. The van der Waals surface area contributed by atoms with E-state index in [4.69, 9.17) is 9.47 Å². The number of ether oxygens (including phenoxy) is 2. The van der Waals surface area contributed by atoms with Crippen LogP contribution in [0.15, 0.2) is 24.3 Å². The summed E-state index contributed by atoms with van der Waals surface area (Å²) in [5.74, 6) is 0.130. The molecule has 0 spiro atoms. The number of anilines is 1. The summed E-state index contributed by atoms with van der Waals surface area (Å²) in [7, 11) is 0. The van der Waals surface area contributed by atoms with Gasteiger partial charge in [-0.25, -0.2) is 0 Å². The van der Waals surface area contributed by atoms with Gasteiger partial charge in [-0.15, -0.1) is 0 Å². The molecule has 7 nitrogen and oxygen atoms in total. The minimum atomic E-state index is 0.00452. The molecule has 1 aromatic carbocycles. The van der Waals surface area contributed by atoms with Crippen LogP contribution in [0.5, 0.6) is 0 Å². The molecule has 2 heterocycles. The molecule has 2 aliphatic heterocycles. The van der Waals surface area contributed by atoms with Crippen molar-refractivity contribution in [1.82, 2.24) is 10.2 Å². The predicted octanol–water partition coefficient (Wildman–Crippen LogP) is 1.39. The second kappa shape index (κ2) is 10.4. The topological polar surface area (TPSA) is 79.9 Å². The van der Waals surface area contributed by atoms with Gasteiger partial charge in [0.15, 0.2) is 0 Å². The second-order valence-electron chi connectivity index (χ2n) is 7.06. The maximum absolute atomic E-state index is 12.2. The SMILES string of the molecule is O=C(CCN1CCOCC1)Nc1cccc(CNC(=O)C2CCOCC2)c1. The number of rotatable bonds is 7. The number of amides is 2. The van der Waals surface area contributed by atoms with Crippen LogP contribution in [0.3, 0.4) is 0 Å². The Morgan fingerprint density at radius 2 is 1.81 bits per heavy atom. The molecular weight excluding hydrogens is 346 g/mol. The summed E-state index contributed by atoms with van der Waals surface area (Å²) in [6.45, 7) is 5.77. The third-order valence-electron chi connectivity index (χ3n) is 5.03. The molecule has 2 N–H and O–H groups in total. The Morgan fingerprint density at radius 1 is 1.07 bits per heavy atom. The minimum Gasteiger partial charge on any atom is -0.381 e. The first-order valence-electron chi connectivity index (χ1n) is 9.75. The van der Waals surface area contributed by atoms with Crippen LogP contribution in [-0.2, 0) is 25.6 Å². The van der Waals surface area contributed by atoms with Crippen molar-refractivity contribution in [1.29, 1.82) is 0 Å². The average Bonchev–Trinajstić information content (AvgIpc) is 2.72. The maximum Gasteiger partial charge on any atom is 0.225 e. The molecular formula is C20H29N3O4. The van der Waals surface area contributed by atoms with Gasteiger partial charge in [-0.3, -0.25) is 14.5 Å². The fraction of sp³-hybridized carbons (Fsp3) is 0.600. The first kappa shape index (κ1) is 19.8. The van der Waals surface area contributed by atoms with Crippen molar-refractivity contribution < 1.29 is 19.1 Å². The third kappa shape index (κ3) is 6.61. The number of hydrogen-bond acceptors (Lipinski definition) is 5. The summed E-state index contributed by atoms with van der Waals surface area (Å²) >= 11 is 0. The highest BCUT2D eigenvalue weighted by Crippen LogP contribution is 2.16. The van der Waals surface area contributed by atoms with Gasteiger partial charge in [-0.1, -0.05) is 12.1 Å². The van der Waals surface area contributed by atoms with E-state index in [1.54, 1.807) is 0 Å². The summed E-state index contributed by atoms with van der Waals surface area (Å²) in [4.78, 5) is 26.6. The number of benzene rings is 1. The standard InChI is InChI=1S/C20H29N3O4/c24-19(4-7-23-8-12-27-13-9-23)22-18-3-1-2-16(14-18)15-21-20(25)17-5-10-26-11-6-17/h1-3,14,17H,4-13,15H2,(H,21,25)(H,22,24). The van der Waals surface area contributed by atoms with Crippen molar-refractivity contribution in [3.63, 3.8) is 0 Å². The normalized spacial score (nSPS) is 18.8. The molecule has 3 rings (SSSR count). The lowest BCUT2D eigenvalue weighted by molar-refractivity contribution is -0.128. The van der Waals surface area contributed by atoms with Crippen molar-refractivity contribution in [2.45, 2.75) is 25.8 Å². The zero-order valence-electron chi connectivity index (χ0n) is 15.7. The van der Waals surface area contributed by atoms with Crippen LogP contribution in [0.4, 0.5) is 5.69 Å². The molecule has 148 valence electrons. The average molecular weight is 375 g/mol. The Kier molecular flexibility index (Phi) is 7.62. The van der Waals surface area contributed by atoms with Gasteiger partial charge >= 0.3 is 0 Å². The first-order valence-corrected chi connectivity index (χ1v) is 9.75. The molecule has 0 bridgehead atoms. The molecule has 2 amide bonds. The van der Waals surface area contributed by atoms with Crippen molar-refractivity contribution in [3.8, 4) is 0 Å². The summed E-state index contributed by atoms with van der Waals surface area (Å²) in [5.41, 5.74) is 1.74.